The van der Waals surface area contributed by atoms with Crippen LogP contribution in [0.2, 0.25) is 0 Å². The molecule has 1 heterocycles. The van der Waals surface area contributed by atoms with E-state index in [0.29, 0.717) is 30.0 Å². The summed E-state index contributed by atoms with van der Waals surface area (Å²) >= 11 is 1.43. The minimum atomic E-state index is -0.819. The lowest BCUT2D eigenvalue weighted by Gasteiger charge is -2.19. The van der Waals surface area contributed by atoms with Crippen molar-refractivity contribution >= 4 is 39.3 Å². The highest BCUT2D eigenvalue weighted by molar-refractivity contribution is 7.13. The van der Waals surface area contributed by atoms with Crippen LogP contribution in [0.15, 0.2) is 78.9 Å². The van der Waals surface area contributed by atoms with Gasteiger partial charge in [0.1, 0.15) is 17.6 Å². The molecule has 7 nitrogen and oxygen atoms in total. The molecule has 3 aromatic carbocycles. The molecule has 0 saturated carbocycles. The van der Waals surface area contributed by atoms with Crippen molar-refractivity contribution in [2.24, 2.45) is 0 Å². The Morgan fingerprint density at radius 3 is 2.42 bits per heavy atom. The second kappa shape index (κ2) is 10.6. The highest BCUT2D eigenvalue weighted by Gasteiger charge is 2.23. The van der Waals surface area contributed by atoms with Gasteiger partial charge < -0.3 is 20.7 Å². The molecule has 0 fully saturated rings. The molecule has 1 aromatic heterocycles. The number of carbonyl (C=O) groups excluding carboxylic acids is 2. The van der Waals surface area contributed by atoms with Crippen molar-refractivity contribution in [3.8, 4) is 5.75 Å². The standard InChI is InChI=1S/C25H24N4O3S/c1-32-19-13-11-18(12-14-19)24(30)28-22(17-7-3-2-4-8-17)25(31)27-16-15-26-23-20-9-5-6-10-21(20)33-29-23/h2-14,22H,15-16H2,1H3,(H,26,29)(H,27,31)(H,28,30)/t22-/m1/s1. The number of methoxy groups -OCH3 is 1. The van der Waals surface area contributed by atoms with Gasteiger partial charge in [0.2, 0.25) is 5.91 Å². The highest BCUT2D eigenvalue weighted by atomic mass is 32.1. The number of aromatic nitrogens is 1. The first-order chi connectivity index (χ1) is 16.2. The van der Waals surface area contributed by atoms with Gasteiger partial charge in [-0.05, 0) is 53.5 Å². The predicted molar refractivity (Wildman–Crippen MR) is 131 cm³/mol. The second-order valence-corrected chi connectivity index (χ2v) is 8.10. The number of nitrogens with one attached hydrogen (secondary N) is 3. The molecule has 8 heteroatoms. The Hall–Kier alpha value is -3.91. The van der Waals surface area contributed by atoms with Gasteiger partial charge in [-0.15, -0.1) is 0 Å². The van der Waals surface area contributed by atoms with E-state index < -0.39 is 6.04 Å². The van der Waals surface area contributed by atoms with E-state index in [4.69, 9.17) is 4.74 Å². The van der Waals surface area contributed by atoms with E-state index in [9.17, 15) is 9.59 Å². The Labute approximate surface area is 196 Å². The van der Waals surface area contributed by atoms with Crippen molar-refractivity contribution in [2.45, 2.75) is 6.04 Å². The van der Waals surface area contributed by atoms with Gasteiger partial charge in [0.05, 0.1) is 11.8 Å². The number of amides is 2. The fourth-order valence-corrected chi connectivity index (χ4v) is 4.14. The van der Waals surface area contributed by atoms with Crippen LogP contribution in [0, 0.1) is 0 Å². The van der Waals surface area contributed by atoms with Crippen LogP contribution in [0.5, 0.6) is 5.75 Å². The van der Waals surface area contributed by atoms with E-state index in [0.717, 1.165) is 15.9 Å². The summed E-state index contributed by atoms with van der Waals surface area (Å²) in [5, 5.41) is 10.1. The first kappa shape index (κ1) is 22.3. The van der Waals surface area contributed by atoms with Crippen molar-refractivity contribution in [2.75, 3.05) is 25.5 Å². The van der Waals surface area contributed by atoms with Gasteiger partial charge in [-0.3, -0.25) is 9.59 Å². The van der Waals surface area contributed by atoms with E-state index in [1.807, 2.05) is 54.6 Å². The van der Waals surface area contributed by atoms with Crippen LogP contribution in [0.4, 0.5) is 5.82 Å². The zero-order valence-corrected chi connectivity index (χ0v) is 18.9. The number of carbonyl (C=O) groups is 2. The van der Waals surface area contributed by atoms with Crippen LogP contribution >= 0.6 is 11.5 Å². The maximum Gasteiger partial charge on any atom is 0.252 e. The van der Waals surface area contributed by atoms with Crippen LogP contribution in [-0.4, -0.2) is 36.4 Å². The van der Waals surface area contributed by atoms with E-state index in [1.54, 1.807) is 31.4 Å². The monoisotopic (exact) mass is 460 g/mol. The Kier molecular flexibility index (Phi) is 7.16. The third kappa shape index (κ3) is 5.48. The maximum absolute atomic E-state index is 13.0. The molecule has 4 aromatic rings. The molecule has 0 aliphatic heterocycles. The largest absolute Gasteiger partial charge is 0.497 e. The zero-order valence-electron chi connectivity index (χ0n) is 18.1. The van der Waals surface area contributed by atoms with Crippen molar-refractivity contribution in [3.05, 3.63) is 90.0 Å². The van der Waals surface area contributed by atoms with Crippen molar-refractivity contribution in [1.82, 2.24) is 15.0 Å². The Bertz CT molecular complexity index is 1230. The van der Waals surface area contributed by atoms with Crippen LogP contribution in [-0.2, 0) is 4.79 Å². The van der Waals surface area contributed by atoms with E-state index in [-0.39, 0.29) is 11.8 Å². The minimum Gasteiger partial charge on any atom is -0.497 e. The lowest BCUT2D eigenvalue weighted by Crippen LogP contribution is -2.41. The third-order valence-electron chi connectivity index (χ3n) is 5.12. The first-order valence-electron chi connectivity index (χ1n) is 10.5. The number of rotatable bonds is 9. The number of anilines is 1. The molecular formula is C25H24N4O3S. The minimum absolute atomic E-state index is 0.284. The Morgan fingerprint density at radius 1 is 0.939 bits per heavy atom. The Morgan fingerprint density at radius 2 is 1.67 bits per heavy atom. The van der Waals surface area contributed by atoms with Gasteiger partial charge >= 0.3 is 0 Å². The van der Waals surface area contributed by atoms with E-state index in [1.165, 1.54) is 11.5 Å². The van der Waals surface area contributed by atoms with Crippen molar-refractivity contribution < 1.29 is 14.3 Å². The summed E-state index contributed by atoms with van der Waals surface area (Å²) in [5.41, 5.74) is 1.15. The molecule has 3 N–H and O–H groups in total. The summed E-state index contributed by atoms with van der Waals surface area (Å²) < 4.78 is 10.7. The van der Waals surface area contributed by atoms with Gasteiger partial charge in [-0.25, -0.2) is 0 Å². The first-order valence-corrected chi connectivity index (χ1v) is 11.3. The van der Waals surface area contributed by atoms with Crippen LogP contribution in [0.25, 0.3) is 10.1 Å². The van der Waals surface area contributed by atoms with Crippen LogP contribution in [0.1, 0.15) is 22.0 Å². The highest BCUT2D eigenvalue weighted by Crippen LogP contribution is 2.25. The summed E-state index contributed by atoms with van der Waals surface area (Å²) in [7, 11) is 1.57. The molecule has 1 atom stereocenters. The second-order valence-electron chi connectivity index (χ2n) is 7.29. The summed E-state index contributed by atoms with van der Waals surface area (Å²) in [5.74, 6) is 0.836. The van der Waals surface area contributed by atoms with Gasteiger partial charge in [-0.1, -0.05) is 42.5 Å². The van der Waals surface area contributed by atoms with Gasteiger partial charge in [0, 0.05) is 24.0 Å². The molecule has 0 saturated heterocycles. The van der Waals surface area contributed by atoms with Gasteiger partial charge in [-0.2, -0.15) is 4.37 Å². The topological polar surface area (TPSA) is 92.3 Å². The molecule has 33 heavy (non-hydrogen) atoms. The lowest BCUT2D eigenvalue weighted by atomic mass is 10.1. The van der Waals surface area contributed by atoms with Crippen molar-refractivity contribution in [1.29, 1.82) is 0 Å². The fourth-order valence-electron chi connectivity index (χ4n) is 3.38. The molecule has 0 unspecified atom stereocenters. The van der Waals surface area contributed by atoms with Crippen LogP contribution < -0.4 is 20.7 Å². The zero-order chi connectivity index (χ0) is 23.0. The number of fused-ring (bicyclic) bond motifs is 1. The molecule has 0 radical (unpaired) electrons. The normalized spacial score (nSPS) is 11.5. The third-order valence-corrected chi connectivity index (χ3v) is 5.94. The number of benzene rings is 3. The Balaban J connectivity index is 1.38. The average Bonchev–Trinajstić information content (AvgIpc) is 3.28. The summed E-state index contributed by atoms with van der Waals surface area (Å²) in [6.07, 6.45) is 0. The quantitative estimate of drug-likeness (QED) is 0.328. The predicted octanol–water partition coefficient (Wildman–Crippen LogP) is 4.00. The number of nitrogens with zero attached hydrogens (tertiary/aromatic N) is 1. The average molecular weight is 461 g/mol. The summed E-state index contributed by atoms with van der Waals surface area (Å²) in [6.45, 7) is 0.889. The van der Waals surface area contributed by atoms with Gasteiger partial charge in [0.25, 0.3) is 5.91 Å². The number of ether oxygens (including phenoxy) is 1. The number of hydrogen-bond donors (Lipinski definition) is 3. The molecule has 0 bridgehead atoms. The molecule has 0 spiro atoms. The molecule has 0 aliphatic rings. The van der Waals surface area contributed by atoms with Crippen LogP contribution in [0.3, 0.4) is 0 Å². The maximum atomic E-state index is 13.0. The molecule has 4 rings (SSSR count). The molecule has 2 amide bonds. The molecule has 0 aliphatic carbocycles. The smallest absolute Gasteiger partial charge is 0.252 e. The molecule has 168 valence electrons. The molecular weight excluding hydrogens is 436 g/mol. The lowest BCUT2D eigenvalue weighted by molar-refractivity contribution is -0.123. The summed E-state index contributed by atoms with van der Waals surface area (Å²) in [6, 6.07) is 23.1. The van der Waals surface area contributed by atoms with E-state index in [2.05, 4.69) is 20.3 Å². The van der Waals surface area contributed by atoms with Gasteiger partial charge in [0.15, 0.2) is 0 Å². The fraction of sp³-hybridized carbons (Fsp3) is 0.160. The summed E-state index contributed by atoms with van der Waals surface area (Å²) in [4.78, 5) is 25.8. The van der Waals surface area contributed by atoms with Crippen molar-refractivity contribution in [3.63, 3.8) is 0 Å². The SMILES string of the molecule is COc1ccc(C(=O)N[C@@H](C(=O)NCCNc2nsc3ccccc23)c2ccccc2)cc1. The number of hydrogen-bond acceptors (Lipinski definition) is 6. The van der Waals surface area contributed by atoms with E-state index >= 15 is 0 Å².